The highest BCUT2D eigenvalue weighted by atomic mass is 16.6. The average molecular weight is 329 g/mol. The van der Waals surface area contributed by atoms with Crippen LogP contribution in [-0.4, -0.2) is 37.4 Å². The van der Waals surface area contributed by atoms with Gasteiger partial charge in [0.05, 0.1) is 32.0 Å². The van der Waals surface area contributed by atoms with Gasteiger partial charge in [-0.15, -0.1) is 0 Å². The molecule has 0 aliphatic rings. The largest absolute Gasteiger partial charge is 0.460 e. The van der Waals surface area contributed by atoms with E-state index in [-0.39, 0.29) is 12.6 Å². The van der Waals surface area contributed by atoms with Crippen LogP contribution in [0.5, 0.6) is 0 Å². The molecule has 1 heterocycles. The predicted octanol–water partition coefficient (Wildman–Crippen LogP) is 3.09. The highest BCUT2D eigenvalue weighted by molar-refractivity contribution is 5.89. The molecule has 0 bridgehead atoms. The Hall–Kier alpha value is -2.24. The molecule has 0 saturated heterocycles. The Kier molecular flexibility index (Phi) is 7.39. The monoisotopic (exact) mass is 329 g/mol. The van der Waals surface area contributed by atoms with Crippen LogP contribution < -0.4 is 0 Å². The summed E-state index contributed by atoms with van der Waals surface area (Å²) in [5.41, 5.74) is 3.82. The van der Waals surface area contributed by atoms with Crippen molar-refractivity contribution in [1.82, 2.24) is 4.98 Å². The van der Waals surface area contributed by atoms with Gasteiger partial charge in [0.25, 0.3) is 0 Å². The molecule has 0 aliphatic carbocycles. The van der Waals surface area contributed by atoms with Gasteiger partial charge in [-0.3, -0.25) is 4.98 Å². The van der Waals surface area contributed by atoms with Gasteiger partial charge in [-0.1, -0.05) is 12.1 Å². The van der Waals surface area contributed by atoms with Crippen LogP contribution in [0.3, 0.4) is 0 Å². The summed E-state index contributed by atoms with van der Waals surface area (Å²) < 4.78 is 16.0. The maximum absolute atomic E-state index is 11.9. The second-order valence-corrected chi connectivity index (χ2v) is 5.46. The lowest BCUT2D eigenvalue weighted by Crippen LogP contribution is -2.13. The molecule has 2 rings (SSSR count). The number of benzene rings is 1. The van der Waals surface area contributed by atoms with Crippen molar-refractivity contribution in [3.63, 3.8) is 0 Å². The van der Waals surface area contributed by atoms with Crippen LogP contribution in [-0.2, 0) is 20.8 Å². The number of ether oxygens (including phenoxy) is 3. The van der Waals surface area contributed by atoms with Gasteiger partial charge >= 0.3 is 5.97 Å². The molecule has 5 heteroatoms. The van der Waals surface area contributed by atoms with E-state index in [0.717, 1.165) is 16.7 Å². The fourth-order valence-electron chi connectivity index (χ4n) is 2.04. The molecule has 0 aliphatic heterocycles. The zero-order chi connectivity index (χ0) is 17.2. The fourth-order valence-corrected chi connectivity index (χ4v) is 2.04. The van der Waals surface area contributed by atoms with E-state index in [1.807, 2.05) is 38.1 Å². The predicted molar refractivity (Wildman–Crippen MR) is 90.9 cm³/mol. The number of esters is 1. The molecule has 0 unspecified atom stereocenters. The van der Waals surface area contributed by atoms with Gasteiger partial charge in [0.1, 0.15) is 6.61 Å². The number of nitrogens with zero attached hydrogens (tertiary/aromatic N) is 1. The molecule has 2 aromatic rings. The number of hydrogen-bond donors (Lipinski definition) is 0. The summed E-state index contributed by atoms with van der Waals surface area (Å²) in [5.74, 6) is -0.325. The van der Waals surface area contributed by atoms with Gasteiger partial charge in [0, 0.05) is 12.4 Å². The molecule has 0 radical (unpaired) electrons. The Bertz CT molecular complexity index is 643. The van der Waals surface area contributed by atoms with Crippen molar-refractivity contribution in [3.8, 4) is 0 Å². The number of rotatable bonds is 9. The molecule has 0 spiro atoms. The molecular weight excluding hydrogens is 306 g/mol. The SMILES string of the molecule is Cc1ccc(C(=O)OCCOCCOCc2cccnc2)cc1C. The molecule has 0 saturated carbocycles. The molecule has 128 valence electrons. The van der Waals surface area contributed by atoms with E-state index in [2.05, 4.69) is 4.98 Å². The van der Waals surface area contributed by atoms with Crippen molar-refractivity contribution >= 4 is 5.97 Å². The number of aromatic nitrogens is 1. The summed E-state index contributed by atoms with van der Waals surface area (Å²) in [5, 5.41) is 0. The van der Waals surface area contributed by atoms with Gasteiger partial charge in [0.15, 0.2) is 0 Å². The molecule has 1 aromatic heterocycles. The van der Waals surface area contributed by atoms with E-state index in [4.69, 9.17) is 14.2 Å². The summed E-state index contributed by atoms with van der Waals surface area (Å²) in [6.45, 7) is 6.02. The Balaban J connectivity index is 1.53. The Morgan fingerprint density at radius 3 is 2.54 bits per heavy atom. The van der Waals surface area contributed by atoms with E-state index >= 15 is 0 Å². The van der Waals surface area contributed by atoms with Gasteiger partial charge in [0.2, 0.25) is 0 Å². The Labute approximate surface area is 142 Å². The van der Waals surface area contributed by atoms with E-state index in [9.17, 15) is 4.79 Å². The molecule has 0 fully saturated rings. The minimum atomic E-state index is -0.325. The zero-order valence-corrected chi connectivity index (χ0v) is 14.2. The fraction of sp³-hybridized carbons (Fsp3) is 0.368. The van der Waals surface area contributed by atoms with Crippen LogP contribution in [0, 0.1) is 13.8 Å². The lowest BCUT2D eigenvalue weighted by Gasteiger charge is -2.08. The van der Waals surface area contributed by atoms with Crippen LogP contribution >= 0.6 is 0 Å². The summed E-state index contributed by atoms with van der Waals surface area (Å²) in [4.78, 5) is 15.9. The van der Waals surface area contributed by atoms with Crippen LogP contribution in [0.15, 0.2) is 42.7 Å². The lowest BCUT2D eigenvalue weighted by atomic mass is 10.1. The van der Waals surface area contributed by atoms with Crippen LogP contribution in [0.25, 0.3) is 0 Å². The summed E-state index contributed by atoms with van der Waals surface area (Å²) in [7, 11) is 0. The molecule has 0 atom stereocenters. The third-order valence-corrected chi connectivity index (χ3v) is 3.57. The summed E-state index contributed by atoms with van der Waals surface area (Å²) in [6, 6.07) is 9.36. The number of carbonyl (C=O) groups is 1. The van der Waals surface area contributed by atoms with Crippen molar-refractivity contribution in [2.45, 2.75) is 20.5 Å². The molecule has 0 N–H and O–H groups in total. The van der Waals surface area contributed by atoms with Crippen molar-refractivity contribution in [3.05, 3.63) is 65.0 Å². The minimum absolute atomic E-state index is 0.231. The molecule has 0 amide bonds. The zero-order valence-electron chi connectivity index (χ0n) is 14.2. The van der Waals surface area contributed by atoms with Crippen molar-refractivity contribution in [2.24, 2.45) is 0 Å². The van der Waals surface area contributed by atoms with Gasteiger partial charge in [-0.25, -0.2) is 4.79 Å². The first-order chi connectivity index (χ1) is 11.7. The number of carbonyl (C=O) groups excluding carboxylic acids is 1. The molecule has 1 aromatic carbocycles. The molecule has 5 nitrogen and oxygen atoms in total. The van der Waals surface area contributed by atoms with Crippen molar-refractivity contribution < 1.29 is 19.0 Å². The third kappa shape index (κ3) is 6.10. The number of pyridine rings is 1. The van der Waals surface area contributed by atoms with Crippen molar-refractivity contribution in [2.75, 3.05) is 26.4 Å². The van der Waals surface area contributed by atoms with Gasteiger partial charge in [-0.2, -0.15) is 0 Å². The summed E-state index contributed by atoms with van der Waals surface area (Å²) >= 11 is 0. The van der Waals surface area contributed by atoms with E-state index in [1.165, 1.54) is 0 Å². The number of aryl methyl sites for hydroxylation is 2. The van der Waals surface area contributed by atoms with Crippen LogP contribution in [0.2, 0.25) is 0 Å². The van der Waals surface area contributed by atoms with Crippen molar-refractivity contribution in [1.29, 1.82) is 0 Å². The average Bonchev–Trinajstić information content (AvgIpc) is 2.60. The lowest BCUT2D eigenvalue weighted by molar-refractivity contribution is 0.0116. The maximum atomic E-state index is 11.9. The van der Waals surface area contributed by atoms with Gasteiger partial charge in [-0.05, 0) is 48.7 Å². The number of hydrogen-bond acceptors (Lipinski definition) is 5. The Morgan fingerprint density at radius 1 is 1.00 bits per heavy atom. The normalized spacial score (nSPS) is 10.6. The minimum Gasteiger partial charge on any atom is -0.460 e. The highest BCUT2D eigenvalue weighted by Crippen LogP contribution is 2.10. The molecule has 24 heavy (non-hydrogen) atoms. The standard InChI is InChI=1S/C19H23NO4/c1-15-5-6-18(12-16(15)2)19(21)24-11-10-22-8-9-23-14-17-4-3-7-20-13-17/h3-7,12-13H,8-11,14H2,1-2H3. The second kappa shape index (κ2) is 9.80. The topological polar surface area (TPSA) is 57.7 Å². The molecular formula is C19H23NO4. The highest BCUT2D eigenvalue weighted by Gasteiger charge is 2.07. The Morgan fingerprint density at radius 2 is 1.79 bits per heavy atom. The first kappa shape index (κ1) is 18.1. The van der Waals surface area contributed by atoms with Crippen LogP contribution in [0.4, 0.5) is 0 Å². The first-order valence-corrected chi connectivity index (χ1v) is 7.95. The quantitative estimate of drug-likeness (QED) is 0.523. The third-order valence-electron chi connectivity index (χ3n) is 3.57. The second-order valence-electron chi connectivity index (χ2n) is 5.46. The van der Waals surface area contributed by atoms with Crippen LogP contribution in [0.1, 0.15) is 27.0 Å². The summed E-state index contributed by atoms with van der Waals surface area (Å²) in [6.07, 6.45) is 3.50. The van der Waals surface area contributed by atoms with E-state index in [1.54, 1.807) is 18.5 Å². The smallest absolute Gasteiger partial charge is 0.338 e. The van der Waals surface area contributed by atoms with E-state index < -0.39 is 0 Å². The van der Waals surface area contributed by atoms with E-state index in [0.29, 0.717) is 32.0 Å². The first-order valence-electron chi connectivity index (χ1n) is 7.95. The van der Waals surface area contributed by atoms with Gasteiger partial charge < -0.3 is 14.2 Å². The maximum Gasteiger partial charge on any atom is 0.338 e.